The third-order valence-electron chi connectivity index (χ3n) is 2.61. The van der Waals surface area contributed by atoms with Gasteiger partial charge in [-0.1, -0.05) is 11.3 Å². The van der Waals surface area contributed by atoms with Gasteiger partial charge in [0.2, 0.25) is 0 Å². The minimum absolute atomic E-state index is 0.0891. The number of anilines is 1. The number of hydrogen-bond acceptors (Lipinski definition) is 5. The van der Waals surface area contributed by atoms with Crippen LogP contribution in [0.2, 0.25) is 0 Å². The van der Waals surface area contributed by atoms with E-state index in [0.717, 1.165) is 16.6 Å². The monoisotopic (exact) mass is 240 g/mol. The van der Waals surface area contributed by atoms with Crippen LogP contribution in [-0.2, 0) is 4.74 Å². The van der Waals surface area contributed by atoms with E-state index in [1.165, 1.54) is 24.2 Å². The molecule has 0 aromatic carbocycles. The summed E-state index contributed by atoms with van der Waals surface area (Å²) in [5.41, 5.74) is 0. The zero-order valence-corrected chi connectivity index (χ0v) is 10.4. The van der Waals surface area contributed by atoms with Crippen molar-refractivity contribution in [2.75, 3.05) is 25.2 Å². The Balaban J connectivity index is 2.08. The van der Waals surface area contributed by atoms with Crippen LogP contribution in [0.25, 0.3) is 0 Å². The van der Waals surface area contributed by atoms with Gasteiger partial charge in [-0.05, 0) is 12.8 Å². The van der Waals surface area contributed by atoms with Crippen molar-refractivity contribution in [3.8, 4) is 0 Å². The van der Waals surface area contributed by atoms with Gasteiger partial charge in [-0.25, -0.2) is 4.98 Å². The molecule has 1 aromatic heterocycles. The first-order valence-corrected chi connectivity index (χ1v) is 6.26. The molecule has 1 heterocycles. The summed E-state index contributed by atoms with van der Waals surface area (Å²) in [5.74, 6) is 0.0891. The van der Waals surface area contributed by atoms with Gasteiger partial charge >= 0.3 is 0 Å². The molecule has 1 aliphatic carbocycles. The van der Waals surface area contributed by atoms with E-state index in [2.05, 4.69) is 9.88 Å². The summed E-state index contributed by atoms with van der Waals surface area (Å²) in [6.07, 6.45) is 4.11. The summed E-state index contributed by atoms with van der Waals surface area (Å²) < 4.78 is 5.09. The minimum atomic E-state index is 0.0891. The number of ketones is 1. The number of Topliss-reactive ketones (excluding diaryl/α,β-unsaturated/α-hetero) is 1. The van der Waals surface area contributed by atoms with Crippen LogP contribution in [0.5, 0.6) is 0 Å². The average Bonchev–Trinajstić information content (AvgIpc) is 2.96. The molecule has 5 heteroatoms. The minimum Gasteiger partial charge on any atom is -0.383 e. The maximum absolute atomic E-state index is 11.2. The standard InChI is InChI=1S/C11H16N2O2S/c1-8(14)10-7-12-11(16-10)13(5-6-15-2)9-3-4-9/h7,9H,3-6H2,1-2H3. The lowest BCUT2D eigenvalue weighted by molar-refractivity contribution is 0.102. The Morgan fingerprint density at radius 3 is 2.94 bits per heavy atom. The molecule has 0 amide bonds. The molecule has 2 rings (SSSR count). The Hall–Kier alpha value is -0.940. The number of hydrogen-bond donors (Lipinski definition) is 0. The van der Waals surface area contributed by atoms with Crippen LogP contribution in [0.4, 0.5) is 5.13 Å². The molecule has 0 spiro atoms. The Kier molecular flexibility index (Phi) is 3.56. The van der Waals surface area contributed by atoms with Crippen LogP contribution in [0.3, 0.4) is 0 Å². The highest BCUT2D eigenvalue weighted by Gasteiger charge is 2.30. The quantitative estimate of drug-likeness (QED) is 0.713. The van der Waals surface area contributed by atoms with Crippen LogP contribution in [0.15, 0.2) is 6.20 Å². The van der Waals surface area contributed by atoms with Gasteiger partial charge in [-0.15, -0.1) is 0 Å². The lowest BCUT2D eigenvalue weighted by atomic mass is 10.4. The van der Waals surface area contributed by atoms with Crippen molar-refractivity contribution in [1.29, 1.82) is 0 Å². The summed E-state index contributed by atoms with van der Waals surface area (Å²) in [6, 6.07) is 0.598. The zero-order valence-electron chi connectivity index (χ0n) is 9.60. The first kappa shape index (κ1) is 11.5. The zero-order chi connectivity index (χ0) is 11.5. The number of carbonyl (C=O) groups is 1. The van der Waals surface area contributed by atoms with Gasteiger partial charge in [0.1, 0.15) is 0 Å². The van der Waals surface area contributed by atoms with Crippen LogP contribution in [0.1, 0.15) is 29.4 Å². The Labute approximate surface area is 99.2 Å². The predicted octanol–water partition coefficient (Wildman–Crippen LogP) is 1.96. The highest BCUT2D eigenvalue weighted by atomic mass is 32.1. The molecule has 88 valence electrons. The van der Waals surface area contributed by atoms with Crippen molar-refractivity contribution in [2.24, 2.45) is 0 Å². The summed E-state index contributed by atoms with van der Waals surface area (Å²) in [5, 5.41) is 0.949. The summed E-state index contributed by atoms with van der Waals surface area (Å²) in [4.78, 5) is 18.5. The fraction of sp³-hybridized carbons (Fsp3) is 0.636. The second-order valence-corrected chi connectivity index (χ2v) is 4.99. The van der Waals surface area contributed by atoms with E-state index in [1.54, 1.807) is 20.2 Å². The third kappa shape index (κ3) is 2.59. The van der Waals surface area contributed by atoms with Gasteiger partial charge < -0.3 is 9.64 Å². The van der Waals surface area contributed by atoms with E-state index in [-0.39, 0.29) is 5.78 Å². The number of carbonyl (C=O) groups excluding carboxylic acids is 1. The molecule has 1 fully saturated rings. The van der Waals surface area contributed by atoms with Crippen molar-refractivity contribution in [1.82, 2.24) is 4.98 Å². The van der Waals surface area contributed by atoms with E-state index in [9.17, 15) is 4.79 Å². The Morgan fingerprint density at radius 1 is 1.69 bits per heavy atom. The number of methoxy groups -OCH3 is 1. The molecule has 1 aromatic rings. The second-order valence-electron chi connectivity index (χ2n) is 3.98. The molecule has 0 aliphatic heterocycles. The molecular formula is C11H16N2O2S. The molecule has 4 nitrogen and oxygen atoms in total. The summed E-state index contributed by atoms with van der Waals surface area (Å²) >= 11 is 1.48. The molecule has 0 atom stereocenters. The smallest absolute Gasteiger partial charge is 0.186 e. The number of rotatable bonds is 6. The summed E-state index contributed by atoms with van der Waals surface area (Å²) in [7, 11) is 1.70. The molecule has 1 saturated carbocycles. The van der Waals surface area contributed by atoms with E-state index in [4.69, 9.17) is 4.74 Å². The fourth-order valence-electron chi connectivity index (χ4n) is 1.57. The Bertz CT molecular complexity index is 374. The average molecular weight is 240 g/mol. The molecule has 0 N–H and O–H groups in total. The van der Waals surface area contributed by atoms with Crippen molar-refractivity contribution >= 4 is 22.3 Å². The Morgan fingerprint density at radius 2 is 2.44 bits per heavy atom. The van der Waals surface area contributed by atoms with Gasteiger partial charge in [0.15, 0.2) is 10.9 Å². The maximum atomic E-state index is 11.2. The molecule has 0 radical (unpaired) electrons. The highest BCUT2D eigenvalue weighted by Crippen LogP contribution is 2.33. The normalized spacial score (nSPS) is 15.1. The first-order chi connectivity index (χ1) is 7.72. The number of aromatic nitrogens is 1. The number of ether oxygens (including phenoxy) is 1. The van der Waals surface area contributed by atoms with Crippen LogP contribution in [-0.4, -0.2) is 37.1 Å². The van der Waals surface area contributed by atoms with Crippen molar-refractivity contribution in [2.45, 2.75) is 25.8 Å². The maximum Gasteiger partial charge on any atom is 0.186 e. The van der Waals surface area contributed by atoms with Crippen molar-refractivity contribution < 1.29 is 9.53 Å². The van der Waals surface area contributed by atoms with Gasteiger partial charge in [-0.2, -0.15) is 0 Å². The van der Waals surface area contributed by atoms with Crippen LogP contribution >= 0.6 is 11.3 Å². The predicted molar refractivity (Wildman–Crippen MR) is 64.4 cm³/mol. The highest BCUT2D eigenvalue weighted by molar-refractivity contribution is 7.17. The molecule has 16 heavy (non-hydrogen) atoms. The molecule has 0 saturated heterocycles. The van der Waals surface area contributed by atoms with Gasteiger partial charge in [0, 0.05) is 26.6 Å². The van der Waals surface area contributed by atoms with Gasteiger partial charge in [-0.3, -0.25) is 4.79 Å². The van der Waals surface area contributed by atoms with E-state index in [1.807, 2.05) is 0 Å². The fourth-order valence-corrected chi connectivity index (χ4v) is 2.48. The van der Waals surface area contributed by atoms with E-state index < -0.39 is 0 Å². The topological polar surface area (TPSA) is 42.4 Å². The molecule has 0 bridgehead atoms. The van der Waals surface area contributed by atoms with E-state index in [0.29, 0.717) is 12.6 Å². The van der Waals surface area contributed by atoms with E-state index >= 15 is 0 Å². The molecule has 1 aliphatic rings. The second kappa shape index (κ2) is 4.93. The van der Waals surface area contributed by atoms with Crippen LogP contribution < -0.4 is 4.90 Å². The molecule has 0 unspecified atom stereocenters. The lowest BCUT2D eigenvalue weighted by Gasteiger charge is -2.20. The largest absolute Gasteiger partial charge is 0.383 e. The first-order valence-electron chi connectivity index (χ1n) is 5.44. The third-order valence-corrected chi connectivity index (χ3v) is 3.75. The van der Waals surface area contributed by atoms with Crippen molar-refractivity contribution in [3.63, 3.8) is 0 Å². The molecular weight excluding hydrogens is 224 g/mol. The van der Waals surface area contributed by atoms with Crippen LogP contribution in [0, 0.1) is 0 Å². The SMILES string of the molecule is COCCN(c1ncc(C(C)=O)s1)C1CC1. The number of nitrogens with zero attached hydrogens (tertiary/aromatic N) is 2. The lowest BCUT2D eigenvalue weighted by Crippen LogP contribution is -2.29. The van der Waals surface area contributed by atoms with Crippen molar-refractivity contribution in [3.05, 3.63) is 11.1 Å². The summed E-state index contributed by atoms with van der Waals surface area (Å²) in [6.45, 7) is 3.13. The number of thiazole rings is 1. The van der Waals surface area contributed by atoms with Gasteiger partial charge in [0.25, 0.3) is 0 Å². The van der Waals surface area contributed by atoms with Gasteiger partial charge in [0.05, 0.1) is 17.7 Å².